The fourth-order valence-electron chi connectivity index (χ4n) is 3.65. The second kappa shape index (κ2) is 11.0. The summed E-state index contributed by atoms with van der Waals surface area (Å²) < 4.78 is 49.5. The molecule has 1 aliphatic heterocycles. The van der Waals surface area contributed by atoms with Crippen molar-refractivity contribution in [2.24, 2.45) is 0 Å². The minimum Gasteiger partial charge on any atom is -0.396 e. The standard InChI is InChI=1S/C22H25F3N4O4/c1-14(31)29(8-2-7-26-18-6-12-33-27-18)17-13-16(23)20(22(25)21(17)24)15-3-9-28(10-4-15)19(32)5-11-30/h3,6,12-13,30H,2,4-5,7-11H2,1H3,(H,26,27). The number of rotatable bonds is 9. The number of amides is 2. The third-order valence-electron chi connectivity index (χ3n) is 5.32. The summed E-state index contributed by atoms with van der Waals surface area (Å²) in [4.78, 5) is 26.4. The number of carbonyl (C=O) groups excluding carboxylic acids is 2. The molecule has 178 valence electrons. The van der Waals surface area contributed by atoms with Gasteiger partial charge in [0, 0.05) is 51.7 Å². The van der Waals surface area contributed by atoms with Gasteiger partial charge in [-0.2, -0.15) is 0 Å². The molecule has 2 N–H and O–H groups in total. The molecule has 0 unspecified atom stereocenters. The number of benzene rings is 1. The zero-order chi connectivity index (χ0) is 24.0. The molecule has 1 aromatic carbocycles. The molecule has 0 spiro atoms. The number of hydrogen-bond donors (Lipinski definition) is 2. The van der Waals surface area contributed by atoms with Crippen molar-refractivity contribution in [1.82, 2.24) is 10.1 Å². The van der Waals surface area contributed by atoms with Crippen LogP contribution in [0.15, 0.2) is 29.0 Å². The number of halogens is 3. The SMILES string of the molecule is CC(=O)N(CCCNc1ccon1)c1cc(F)c(C2=CCN(C(=O)CCO)CC2)c(F)c1F. The van der Waals surface area contributed by atoms with Gasteiger partial charge in [0.1, 0.15) is 12.1 Å². The molecule has 2 aromatic rings. The lowest BCUT2D eigenvalue weighted by Gasteiger charge is -2.27. The van der Waals surface area contributed by atoms with Crippen LogP contribution in [0.1, 0.15) is 31.7 Å². The average Bonchev–Trinajstić information content (AvgIpc) is 3.30. The van der Waals surface area contributed by atoms with Gasteiger partial charge in [-0.25, -0.2) is 13.2 Å². The van der Waals surface area contributed by atoms with E-state index in [-0.39, 0.29) is 50.6 Å². The van der Waals surface area contributed by atoms with Crippen LogP contribution in [0.2, 0.25) is 0 Å². The van der Waals surface area contributed by atoms with Crippen molar-refractivity contribution >= 4 is 28.9 Å². The Labute approximate surface area is 188 Å². The predicted molar refractivity (Wildman–Crippen MR) is 115 cm³/mol. The second-order valence-electron chi connectivity index (χ2n) is 7.51. The molecule has 2 heterocycles. The number of aliphatic hydroxyl groups is 1. The van der Waals surface area contributed by atoms with Crippen LogP contribution in [0.3, 0.4) is 0 Å². The normalized spacial score (nSPS) is 13.6. The summed E-state index contributed by atoms with van der Waals surface area (Å²) in [5.41, 5.74) is -0.727. The van der Waals surface area contributed by atoms with Crippen molar-refractivity contribution in [2.45, 2.75) is 26.2 Å². The molecule has 1 aliphatic rings. The first kappa shape index (κ1) is 24.3. The molecule has 0 aliphatic carbocycles. The van der Waals surface area contributed by atoms with E-state index in [9.17, 15) is 22.8 Å². The quantitative estimate of drug-likeness (QED) is 0.436. The van der Waals surface area contributed by atoms with Crippen LogP contribution in [0.25, 0.3) is 5.57 Å². The van der Waals surface area contributed by atoms with Crippen LogP contribution in [-0.4, -0.2) is 59.8 Å². The summed E-state index contributed by atoms with van der Waals surface area (Å²) >= 11 is 0. The first-order chi connectivity index (χ1) is 15.8. The number of aromatic nitrogens is 1. The fraction of sp³-hybridized carbons (Fsp3) is 0.409. The Morgan fingerprint density at radius 1 is 1.30 bits per heavy atom. The average molecular weight is 466 g/mol. The van der Waals surface area contributed by atoms with E-state index in [1.165, 1.54) is 24.2 Å². The highest BCUT2D eigenvalue weighted by atomic mass is 19.2. The van der Waals surface area contributed by atoms with Gasteiger partial charge in [0.05, 0.1) is 17.9 Å². The Morgan fingerprint density at radius 3 is 2.70 bits per heavy atom. The van der Waals surface area contributed by atoms with Gasteiger partial charge < -0.3 is 24.7 Å². The van der Waals surface area contributed by atoms with Crippen LogP contribution in [0.4, 0.5) is 24.7 Å². The predicted octanol–water partition coefficient (Wildman–Crippen LogP) is 2.95. The molecule has 0 atom stereocenters. The molecule has 2 amide bonds. The topological polar surface area (TPSA) is 98.9 Å². The van der Waals surface area contributed by atoms with E-state index in [4.69, 9.17) is 5.11 Å². The van der Waals surface area contributed by atoms with Crippen LogP contribution >= 0.6 is 0 Å². The van der Waals surface area contributed by atoms with Gasteiger partial charge in [-0.1, -0.05) is 11.2 Å². The highest BCUT2D eigenvalue weighted by molar-refractivity contribution is 5.92. The summed E-state index contributed by atoms with van der Waals surface area (Å²) in [6, 6.07) is 2.43. The molecule has 0 saturated carbocycles. The molecule has 3 rings (SSSR count). The van der Waals surface area contributed by atoms with E-state index in [2.05, 4.69) is 15.0 Å². The molecule has 33 heavy (non-hydrogen) atoms. The number of carbonyl (C=O) groups is 2. The Kier molecular flexibility index (Phi) is 8.10. The molecule has 0 fully saturated rings. The Balaban J connectivity index is 1.76. The maximum Gasteiger partial charge on any atom is 0.225 e. The van der Waals surface area contributed by atoms with E-state index in [1.54, 1.807) is 6.07 Å². The van der Waals surface area contributed by atoms with Crippen molar-refractivity contribution in [3.63, 3.8) is 0 Å². The Bertz CT molecular complexity index is 1030. The monoisotopic (exact) mass is 466 g/mol. The molecule has 0 saturated heterocycles. The minimum absolute atomic E-state index is 0.0277. The maximum absolute atomic E-state index is 15.0. The minimum atomic E-state index is -1.38. The largest absolute Gasteiger partial charge is 0.396 e. The lowest BCUT2D eigenvalue weighted by Crippen LogP contribution is -2.35. The zero-order valence-electron chi connectivity index (χ0n) is 18.1. The fourth-order valence-corrected chi connectivity index (χ4v) is 3.65. The van der Waals surface area contributed by atoms with E-state index in [0.29, 0.717) is 18.8 Å². The van der Waals surface area contributed by atoms with Crippen molar-refractivity contribution in [3.8, 4) is 0 Å². The van der Waals surface area contributed by atoms with Crippen molar-refractivity contribution in [2.75, 3.05) is 43.0 Å². The second-order valence-corrected chi connectivity index (χ2v) is 7.51. The van der Waals surface area contributed by atoms with Crippen molar-refractivity contribution in [1.29, 1.82) is 0 Å². The van der Waals surface area contributed by atoms with Gasteiger partial charge in [0.2, 0.25) is 11.8 Å². The van der Waals surface area contributed by atoms with E-state index >= 15 is 0 Å². The van der Waals surface area contributed by atoms with Gasteiger partial charge in [0.25, 0.3) is 0 Å². The van der Waals surface area contributed by atoms with Gasteiger partial charge in [0.15, 0.2) is 17.5 Å². The third-order valence-corrected chi connectivity index (χ3v) is 5.32. The molecule has 8 nitrogen and oxygen atoms in total. The van der Waals surface area contributed by atoms with Gasteiger partial charge in [-0.05, 0) is 18.4 Å². The van der Waals surface area contributed by atoms with Crippen LogP contribution in [-0.2, 0) is 9.59 Å². The lowest BCUT2D eigenvalue weighted by molar-refractivity contribution is -0.131. The van der Waals surface area contributed by atoms with E-state index in [0.717, 1.165) is 11.0 Å². The molecule has 0 bridgehead atoms. The molecular weight excluding hydrogens is 441 g/mol. The molecule has 0 radical (unpaired) electrons. The number of hydrogen-bond acceptors (Lipinski definition) is 6. The van der Waals surface area contributed by atoms with Crippen LogP contribution in [0, 0.1) is 17.5 Å². The van der Waals surface area contributed by atoms with Gasteiger partial charge in [-0.3, -0.25) is 9.59 Å². The first-order valence-electron chi connectivity index (χ1n) is 10.5. The van der Waals surface area contributed by atoms with Crippen molar-refractivity contribution < 1.29 is 32.4 Å². The zero-order valence-corrected chi connectivity index (χ0v) is 18.1. The summed E-state index contributed by atoms with van der Waals surface area (Å²) in [5.74, 6) is -4.02. The number of anilines is 2. The van der Waals surface area contributed by atoms with Crippen molar-refractivity contribution in [3.05, 3.63) is 47.5 Å². The first-order valence-corrected chi connectivity index (χ1v) is 10.5. The summed E-state index contributed by atoms with van der Waals surface area (Å²) in [5, 5.41) is 15.5. The summed E-state index contributed by atoms with van der Waals surface area (Å²) in [6.45, 7) is 1.61. The Hall–Kier alpha value is -3.34. The lowest BCUT2D eigenvalue weighted by atomic mass is 9.97. The molecular formula is C22H25F3N4O4. The number of aliphatic hydroxyl groups excluding tert-OH is 1. The molecule has 1 aromatic heterocycles. The number of nitrogens with one attached hydrogen (secondary N) is 1. The number of nitrogens with zero attached hydrogens (tertiary/aromatic N) is 3. The van der Waals surface area contributed by atoms with Crippen LogP contribution in [0.5, 0.6) is 0 Å². The van der Waals surface area contributed by atoms with Gasteiger partial charge in [-0.15, -0.1) is 0 Å². The highest BCUT2D eigenvalue weighted by Crippen LogP contribution is 2.33. The Morgan fingerprint density at radius 2 is 2.09 bits per heavy atom. The van der Waals surface area contributed by atoms with E-state index < -0.39 is 34.6 Å². The van der Waals surface area contributed by atoms with Gasteiger partial charge >= 0.3 is 0 Å². The highest BCUT2D eigenvalue weighted by Gasteiger charge is 2.27. The summed E-state index contributed by atoms with van der Waals surface area (Å²) in [7, 11) is 0. The summed E-state index contributed by atoms with van der Waals surface area (Å²) in [6.07, 6.45) is 3.31. The maximum atomic E-state index is 15.0. The smallest absolute Gasteiger partial charge is 0.225 e. The van der Waals surface area contributed by atoms with Crippen LogP contribution < -0.4 is 10.2 Å². The van der Waals surface area contributed by atoms with E-state index in [1.807, 2.05) is 0 Å². The molecule has 11 heteroatoms. The third kappa shape index (κ3) is 5.72.